The molecule has 1 aromatic carbocycles. The van der Waals surface area contributed by atoms with Crippen LogP contribution in [0.2, 0.25) is 0 Å². The van der Waals surface area contributed by atoms with Crippen LogP contribution in [0.5, 0.6) is 5.75 Å². The highest BCUT2D eigenvalue weighted by atomic mass is 19.1. The van der Waals surface area contributed by atoms with E-state index in [1.165, 1.54) is 24.3 Å². The lowest BCUT2D eigenvalue weighted by Gasteiger charge is -2.10. The number of ether oxygens (including phenoxy) is 1. The number of nitrogen functional groups attached to an aromatic ring is 1. The molecule has 0 unspecified atom stereocenters. The average molecular weight is 291 g/mol. The van der Waals surface area contributed by atoms with Crippen LogP contribution in [0, 0.1) is 5.82 Å². The molecule has 2 N–H and O–H groups in total. The number of nitrogens with two attached hydrogens (primary N) is 1. The van der Waals surface area contributed by atoms with Gasteiger partial charge in [0.25, 0.3) is 5.89 Å². The molecule has 0 amide bonds. The van der Waals surface area contributed by atoms with Gasteiger partial charge in [-0.25, -0.2) is 9.02 Å². The molecule has 1 atom stereocenters. The summed E-state index contributed by atoms with van der Waals surface area (Å²) in [6, 6.07) is 5.59. The summed E-state index contributed by atoms with van der Waals surface area (Å²) in [5.74, 6) is 0.569. The molecule has 0 bridgehead atoms. The fourth-order valence-electron chi connectivity index (χ4n) is 1.61. The molecule has 21 heavy (non-hydrogen) atoms. The molecular weight excluding hydrogens is 281 g/mol. The first-order chi connectivity index (χ1) is 10.1. The third-order valence-corrected chi connectivity index (χ3v) is 2.64. The van der Waals surface area contributed by atoms with E-state index in [4.69, 9.17) is 15.0 Å². The quantitative estimate of drug-likeness (QED) is 0.776. The molecule has 0 radical (unpaired) electrons. The van der Waals surface area contributed by atoms with E-state index in [2.05, 4.69) is 25.1 Å². The Balaban J connectivity index is 1.76. The van der Waals surface area contributed by atoms with Gasteiger partial charge in [-0.15, -0.1) is 0 Å². The maximum absolute atomic E-state index is 12.8. The van der Waals surface area contributed by atoms with Crippen molar-refractivity contribution in [1.82, 2.24) is 20.5 Å². The molecule has 0 spiro atoms. The normalized spacial score (nSPS) is 12.3. The SMILES string of the molecule is C[C@@H](Oc1ccc(F)cc1)c1nc(-c2nonc2N)no1. The minimum atomic E-state index is -0.530. The van der Waals surface area contributed by atoms with E-state index in [9.17, 15) is 4.39 Å². The van der Waals surface area contributed by atoms with Gasteiger partial charge in [0.1, 0.15) is 11.6 Å². The smallest absolute Gasteiger partial charge is 0.267 e. The molecule has 0 aliphatic rings. The zero-order valence-corrected chi connectivity index (χ0v) is 10.9. The minimum absolute atomic E-state index is 0.0643. The number of nitrogens with zero attached hydrogens (tertiary/aromatic N) is 4. The average Bonchev–Trinajstić information content (AvgIpc) is 3.09. The van der Waals surface area contributed by atoms with Crippen molar-refractivity contribution in [2.75, 3.05) is 5.73 Å². The maximum atomic E-state index is 12.8. The van der Waals surface area contributed by atoms with Gasteiger partial charge in [-0.05, 0) is 41.5 Å². The van der Waals surface area contributed by atoms with Crippen LogP contribution in [0.15, 0.2) is 33.4 Å². The monoisotopic (exact) mass is 291 g/mol. The third kappa shape index (κ3) is 2.66. The summed E-state index contributed by atoms with van der Waals surface area (Å²) in [6.45, 7) is 1.71. The number of hydrogen-bond donors (Lipinski definition) is 1. The van der Waals surface area contributed by atoms with Crippen LogP contribution in [-0.4, -0.2) is 20.5 Å². The number of aromatic nitrogens is 4. The maximum Gasteiger partial charge on any atom is 0.267 e. The van der Waals surface area contributed by atoms with E-state index in [1.54, 1.807) is 6.92 Å². The van der Waals surface area contributed by atoms with E-state index in [1.807, 2.05) is 0 Å². The zero-order chi connectivity index (χ0) is 14.8. The van der Waals surface area contributed by atoms with Crippen molar-refractivity contribution < 1.29 is 18.3 Å². The van der Waals surface area contributed by atoms with Crippen LogP contribution in [0.3, 0.4) is 0 Å². The number of benzene rings is 1. The predicted octanol–water partition coefficient (Wildman–Crippen LogP) is 1.98. The molecular formula is C12H10FN5O3. The van der Waals surface area contributed by atoms with E-state index in [0.29, 0.717) is 5.75 Å². The van der Waals surface area contributed by atoms with Crippen LogP contribution >= 0.6 is 0 Å². The van der Waals surface area contributed by atoms with E-state index in [-0.39, 0.29) is 29.0 Å². The molecule has 2 aromatic heterocycles. The second kappa shape index (κ2) is 5.19. The number of hydrogen-bond acceptors (Lipinski definition) is 8. The highest BCUT2D eigenvalue weighted by Gasteiger charge is 2.20. The number of halogens is 1. The molecule has 8 nitrogen and oxygen atoms in total. The standard InChI is InChI=1S/C12H10FN5O3/c1-6(19-8-4-2-7(13)3-5-8)12-15-11(18-20-12)9-10(14)17-21-16-9/h2-6H,1H3,(H2,14,17)/t6-/m1/s1. The lowest BCUT2D eigenvalue weighted by Crippen LogP contribution is -2.03. The lowest BCUT2D eigenvalue weighted by atomic mass is 10.3. The summed E-state index contributed by atoms with van der Waals surface area (Å²) < 4.78 is 27.9. The Morgan fingerprint density at radius 2 is 1.95 bits per heavy atom. The summed E-state index contributed by atoms with van der Waals surface area (Å²) in [7, 11) is 0. The molecule has 0 fully saturated rings. The van der Waals surface area contributed by atoms with E-state index in [0.717, 1.165) is 0 Å². The van der Waals surface area contributed by atoms with E-state index < -0.39 is 6.10 Å². The van der Waals surface area contributed by atoms with Crippen molar-refractivity contribution in [2.45, 2.75) is 13.0 Å². The molecule has 2 heterocycles. The molecule has 0 aliphatic carbocycles. The summed E-state index contributed by atoms with van der Waals surface area (Å²) in [6.07, 6.45) is -0.530. The Labute approximate surface area is 117 Å². The largest absolute Gasteiger partial charge is 0.481 e. The molecule has 0 saturated carbocycles. The van der Waals surface area contributed by atoms with Crippen molar-refractivity contribution in [3.05, 3.63) is 36.0 Å². The van der Waals surface area contributed by atoms with Crippen LogP contribution in [0.4, 0.5) is 10.2 Å². The van der Waals surface area contributed by atoms with Gasteiger partial charge in [0.05, 0.1) is 0 Å². The molecule has 0 aliphatic heterocycles. The van der Waals surface area contributed by atoms with Crippen LogP contribution in [0.25, 0.3) is 11.5 Å². The fraction of sp³-hybridized carbons (Fsp3) is 0.167. The van der Waals surface area contributed by atoms with Gasteiger partial charge in [-0.2, -0.15) is 4.98 Å². The van der Waals surface area contributed by atoms with Crippen molar-refractivity contribution in [2.24, 2.45) is 0 Å². The molecule has 3 rings (SSSR count). The van der Waals surface area contributed by atoms with Gasteiger partial charge >= 0.3 is 0 Å². The Hall–Kier alpha value is -2.97. The van der Waals surface area contributed by atoms with Gasteiger partial charge in [-0.1, -0.05) is 5.16 Å². The Morgan fingerprint density at radius 1 is 1.19 bits per heavy atom. The second-order valence-corrected chi connectivity index (χ2v) is 4.17. The van der Waals surface area contributed by atoms with Crippen LogP contribution < -0.4 is 10.5 Å². The first-order valence-corrected chi connectivity index (χ1v) is 5.97. The van der Waals surface area contributed by atoms with Crippen molar-refractivity contribution in [1.29, 1.82) is 0 Å². The van der Waals surface area contributed by atoms with Gasteiger partial charge in [0.15, 0.2) is 17.6 Å². The first-order valence-electron chi connectivity index (χ1n) is 5.97. The highest BCUT2D eigenvalue weighted by molar-refractivity contribution is 5.61. The Morgan fingerprint density at radius 3 is 2.62 bits per heavy atom. The first kappa shape index (κ1) is 13.0. The van der Waals surface area contributed by atoms with Gasteiger partial charge < -0.3 is 15.0 Å². The van der Waals surface area contributed by atoms with Crippen LogP contribution in [0.1, 0.15) is 18.9 Å². The van der Waals surface area contributed by atoms with Gasteiger partial charge in [-0.3, -0.25) is 0 Å². The van der Waals surface area contributed by atoms with Gasteiger partial charge in [0, 0.05) is 0 Å². The topological polar surface area (TPSA) is 113 Å². The number of anilines is 1. The fourth-order valence-corrected chi connectivity index (χ4v) is 1.61. The third-order valence-electron chi connectivity index (χ3n) is 2.64. The molecule has 108 valence electrons. The molecule has 0 saturated heterocycles. The summed E-state index contributed by atoms with van der Waals surface area (Å²) >= 11 is 0. The Bertz CT molecular complexity index is 739. The summed E-state index contributed by atoms with van der Waals surface area (Å²) in [4.78, 5) is 4.11. The summed E-state index contributed by atoms with van der Waals surface area (Å²) in [5, 5.41) is 10.7. The predicted molar refractivity (Wildman–Crippen MR) is 67.4 cm³/mol. The molecule has 3 aromatic rings. The van der Waals surface area contributed by atoms with Gasteiger partial charge in [0.2, 0.25) is 5.82 Å². The van der Waals surface area contributed by atoms with E-state index >= 15 is 0 Å². The zero-order valence-electron chi connectivity index (χ0n) is 10.9. The Kier molecular flexibility index (Phi) is 3.22. The van der Waals surface area contributed by atoms with Crippen LogP contribution in [-0.2, 0) is 0 Å². The highest BCUT2D eigenvalue weighted by Crippen LogP contribution is 2.24. The molecule has 9 heteroatoms. The van der Waals surface area contributed by atoms with Crippen molar-refractivity contribution in [3.8, 4) is 17.3 Å². The number of rotatable bonds is 4. The van der Waals surface area contributed by atoms with Crippen molar-refractivity contribution >= 4 is 5.82 Å². The van der Waals surface area contributed by atoms with Crippen molar-refractivity contribution in [3.63, 3.8) is 0 Å². The second-order valence-electron chi connectivity index (χ2n) is 4.17. The summed E-state index contributed by atoms with van der Waals surface area (Å²) in [5.41, 5.74) is 5.73. The lowest BCUT2D eigenvalue weighted by molar-refractivity contribution is 0.175. The minimum Gasteiger partial charge on any atom is -0.481 e.